The van der Waals surface area contributed by atoms with Crippen molar-refractivity contribution in [1.29, 1.82) is 0 Å². The number of amides is 1. The van der Waals surface area contributed by atoms with E-state index in [9.17, 15) is 44.7 Å². The molecular weight excluding hydrogens is 594 g/mol. The summed E-state index contributed by atoms with van der Waals surface area (Å²) in [5.41, 5.74) is 0.658. The van der Waals surface area contributed by atoms with Crippen LogP contribution >= 0.6 is 0 Å². The molecule has 0 heterocycles. The fourth-order valence-electron chi connectivity index (χ4n) is 5.47. The second-order valence-electron chi connectivity index (χ2n) is 12.5. The molecule has 7 N–H and O–H groups in total. The van der Waals surface area contributed by atoms with Crippen LogP contribution in [-0.4, -0.2) is 78.5 Å². The molecule has 11 heteroatoms. The molecule has 2 rings (SSSR count). The van der Waals surface area contributed by atoms with Gasteiger partial charge in [0.05, 0.1) is 30.1 Å². The van der Waals surface area contributed by atoms with E-state index in [-0.39, 0.29) is 33.7 Å². The van der Waals surface area contributed by atoms with E-state index < -0.39 is 77.4 Å². The molecule has 0 fully saturated rings. The van der Waals surface area contributed by atoms with E-state index in [1.807, 2.05) is 0 Å². The van der Waals surface area contributed by atoms with Crippen molar-refractivity contribution in [3.8, 4) is 5.75 Å². The Labute approximate surface area is 269 Å². The van der Waals surface area contributed by atoms with E-state index in [1.54, 1.807) is 53.7 Å². The molecule has 0 aromatic heterocycles. The lowest BCUT2D eigenvalue weighted by Crippen LogP contribution is -2.45. The predicted octanol–water partition coefficient (Wildman–Crippen LogP) is 3.24. The summed E-state index contributed by atoms with van der Waals surface area (Å²) >= 11 is 0. The first-order valence-electron chi connectivity index (χ1n) is 15.2. The SMILES string of the molecule is CC(=C[C@H](C)[C@H](O)[C@@H](C)[C@@H](O)[C@H](C)[C@H](O)[C@H](C)[C@@H](O)[C@@H](C)C=CC=C(C)C(=O)NC1=CC(=O)c2cc(O)c(C)cc2C1=O)C(=O)O. The number of benzene rings is 1. The molecule has 9 atom stereocenters. The number of phenolic OH excluding ortho intramolecular Hbond substituents is 1. The molecule has 0 saturated carbocycles. The number of aryl methyl sites for hydroxylation is 1. The highest BCUT2D eigenvalue weighted by atomic mass is 16.4. The lowest BCUT2D eigenvalue weighted by atomic mass is 9.77. The summed E-state index contributed by atoms with van der Waals surface area (Å²) in [6.45, 7) is 12.7. The first-order valence-corrected chi connectivity index (χ1v) is 15.2. The van der Waals surface area contributed by atoms with Gasteiger partial charge in [-0.3, -0.25) is 14.4 Å². The third-order valence-electron chi connectivity index (χ3n) is 8.89. The van der Waals surface area contributed by atoms with Crippen molar-refractivity contribution >= 4 is 23.4 Å². The van der Waals surface area contributed by atoms with Crippen LogP contribution in [0.5, 0.6) is 5.75 Å². The minimum absolute atomic E-state index is 0.0549. The number of carboxylic acids is 1. The molecule has 1 aliphatic carbocycles. The molecule has 11 nitrogen and oxygen atoms in total. The highest BCUT2D eigenvalue weighted by Gasteiger charge is 2.37. The van der Waals surface area contributed by atoms with Gasteiger partial charge >= 0.3 is 5.97 Å². The molecule has 0 radical (unpaired) electrons. The number of aromatic hydroxyl groups is 1. The maximum Gasteiger partial charge on any atom is 0.330 e. The lowest BCUT2D eigenvalue weighted by molar-refractivity contribution is -0.132. The molecule has 0 unspecified atom stereocenters. The summed E-state index contributed by atoms with van der Waals surface area (Å²) in [5, 5.41) is 65.0. The van der Waals surface area contributed by atoms with E-state index in [2.05, 4.69) is 5.32 Å². The van der Waals surface area contributed by atoms with E-state index in [4.69, 9.17) is 5.11 Å². The van der Waals surface area contributed by atoms with Gasteiger partial charge in [-0.2, -0.15) is 0 Å². The first kappa shape index (κ1) is 38.3. The molecule has 0 saturated heterocycles. The summed E-state index contributed by atoms with van der Waals surface area (Å²) in [6.07, 6.45) is 2.68. The maximum atomic E-state index is 12.9. The van der Waals surface area contributed by atoms with Crippen molar-refractivity contribution < 1.29 is 49.8 Å². The number of rotatable bonds is 14. The fourth-order valence-corrected chi connectivity index (χ4v) is 5.47. The number of hydrogen-bond acceptors (Lipinski definition) is 9. The first-order chi connectivity index (χ1) is 21.3. The van der Waals surface area contributed by atoms with Gasteiger partial charge in [-0.1, -0.05) is 58.9 Å². The molecule has 0 bridgehead atoms. The molecule has 1 aliphatic rings. The van der Waals surface area contributed by atoms with Gasteiger partial charge in [0, 0.05) is 57.9 Å². The number of aliphatic hydroxyl groups is 4. The van der Waals surface area contributed by atoms with Crippen LogP contribution in [0.1, 0.15) is 74.7 Å². The second kappa shape index (κ2) is 16.1. The number of carbonyl (C=O) groups is 4. The zero-order chi connectivity index (χ0) is 35.2. The van der Waals surface area contributed by atoms with Crippen molar-refractivity contribution in [2.24, 2.45) is 29.6 Å². The van der Waals surface area contributed by atoms with Crippen LogP contribution in [0.3, 0.4) is 0 Å². The molecule has 0 aliphatic heterocycles. The molecule has 1 amide bonds. The number of ketones is 2. The third kappa shape index (κ3) is 9.10. The van der Waals surface area contributed by atoms with Crippen LogP contribution in [0, 0.1) is 36.5 Å². The van der Waals surface area contributed by atoms with Crippen LogP contribution in [0.25, 0.3) is 0 Å². The monoisotopic (exact) mass is 641 g/mol. The summed E-state index contributed by atoms with van der Waals surface area (Å²) in [7, 11) is 0. The van der Waals surface area contributed by atoms with Crippen molar-refractivity contribution in [3.63, 3.8) is 0 Å². The van der Waals surface area contributed by atoms with Gasteiger partial charge in [0.1, 0.15) is 5.75 Å². The number of nitrogens with one attached hydrogen (secondary N) is 1. The van der Waals surface area contributed by atoms with Gasteiger partial charge < -0.3 is 36.0 Å². The largest absolute Gasteiger partial charge is 0.508 e. The van der Waals surface area contributed by atoms with Crippen LogP contribution in [0.4, 0.5) is 0 Å². The Bertz CT molecular complexity index is 1460. The van der Waals surface area contributed by atoms with Gasteiger partial charge in [0.25, 0.3) is 5.91 Å². The minimum Gasteiger partial charge on any atom is -0.508 e. The number of carboxylic acid groups (broad SMARTS) is 1. The van der Waals surface area contributed by atoms with E-state index >= 15 is 0 Å². The van der Waals surface area contributed by atoms with Crippen LogP contribution < -0.4 is 5.32 Å². The number of phenols is 1. The number of fused-ring (bicyclic) bond motifs is 1. The summed E-state index contributed by atoms with van der Waals surface area (Å²) in [4.78, 5) is 49.2. The van der Waals surface area contributed by atoms with Crippen LogP contribution in [0.15, 0.2) is 59.4 Å². The van der Waals surface area contributed by atoms with E-state index in [1.165, 1.54) is 38.1 Å². The van der Waals surface area contributed by atoms with Crippen molar-refractivity contribution in [2.45, 2.75) is 79.8 Å². The van der Waals surface area contributed by atoms with Gasteiger partial charge in [-0.15, -0.1) is 0 Å². The highest BCUT2D eigenvalue weighted by Crippen LogP contribution is 2.30. The van der Waals surface area contributed by atoms with Crippen molar-refractivity contribution in [2.75, 3.05) is 0 Å². The predicted molar refractivity (Wildman–Crippen MR) is 172 cm³/mol. The Balaban J connectivity index is 2.02. The molecule has 1 aromatic rings. The Morgan fingerprint density at radius 3 is 1.85 bits per heavy atom. The Hall–Kier alpha value is -3.90. The van der Waals surface area contributed by atoms with Crippen LogP contribution in [-0.2, 0) is 9.59 Å². The van der Waals surface area contributed by atoms with E-state index in [0.29, 0.717) is 5.56 Å². The third-order valence-corrected chi connectivity index (χ3v) is 8.89. The van der Waals surface area contributed by atoms with E-state index in [0.717, 1.165) is 6.08 Å². The quantitative estimate of drug-likeness (QED) is 0.117. The van der Waals surface area contributed by atoms with Gasteiger partial charge in [0.15, 0.2) is 5.78 Å². The number of aliphatic carboxylic acids is 1. The number of Topliss-reactive ketones (excluding diaryl/α,β-unsaturated/α-hetero) is 1. The number of hydrogen-bond donors (Lipinski definition) is 7. The minimum atomic E-state index is -1.15. The number of aliphatic hydroxyl groups excluding tert-OH is 4. The maximum absolute atomic E-state index is 12.9. The second-order valence-corrected chi connectivity index (χ2v) is 12.5. The average Bonchev–Trinajstić information content (AvgIpc) is 3.01. The summed E-state index contributed by atoms with van der Waals surface area (Å²) in [6, 6.07) is 2.63. The van der Waals surface area contributed by atoms with Gasteiger partial charge in [0.2, 0.25) is 5.78 Å². The number of allylic oxidation sites excluding steroid dienone is 4. The molecule has 46 heavy (non-hydrogen) atoms. The van der Waals surface area contributed by atoms with Gasteiger partial charge in [-0.05, 0) is 38.5 Å². The summed E-state index contributed by atoms with van der Waals surface area (Å²) < 4.78 is 0. The Morgan fingerprint density at radius 2 is 1.30 bits per heavy atom. The Morgan fingerprint density at radius 1 is 0.783 bits per heavy atom. The standard InChI is InChI=1S/C35H47NO10/c1-16(29(39)21(6)31(41)23(8)32(42)22(7)30(40)19(4)12-20(5)35(45)46)10-9-11-17(2)34(44)36-26-15-28(38)24-14-27(37)18(3)13-25(24)33(26)43/h9-16,19,21-23,29-32,37,39-42H,1-8H3,(H,36,44)(H,45,46)/t16-,19-,21+,22+,23+,29-,30-,31+,32+/m0/s1. The zero-order valence-corrected chi connectivity index (χ0v) is 27.6. The van der Waals surface area contributed by atoms with Gasteiger partial charge in [-0.25, -0.2) is 4.79 Å². The molecule has 252 valence electrons. The van der Waals surface area contributed by atoms with Crippen molar-refractivity contribution in [1.82, 2.24) is 5.32 Å². The average molecular weight is 642 g/mol. The number of carbonyl (C=O) groups excluding carboxylic acids is 3. The zero-order valence-electron chi connectivity index (χ0n) is 27.6. The van der Waals surface area contributed by atoms with Crippen molar-refractivity contribution in [3.05, 3.63) is 76.0 Å². The smallest absolute Gasteiger partial charge is 0.330 e. The highest BCUT2D eigenvalue weighted by molar-refractivity contribution is 6.25. The normalized spacial score (nSPS) is 20.1. The summed E-state index contributed by atoms with van der Waals surface area (Å²) in [5.74, 6) is -6.08. The molecule has 1 aromatic carbocycles. The molecular formula is C35H47NO10. The Kier molecular flexibility index (Phi) is 13.4. The van der Waals surface area contributed by atoms with Crippen LogP contribution in [0.2, 0.25) is 0 Å². The fraction of sp³-hybridized carbons (Fsp3) is 0.486. The topological polar surface area (TPSA) is 202 Å². The molecule has 0 spiro atoms. The lowest BCUT2D eigenvalue weighted by Gasteiger charge is -2.36.